The minimum atomic E-state index is 0.0259. The van der Waals surface area contributed by atoms with Crippen molar-refractivity contribution in [3.63, 3.8) is 0 Å². The maximum absolute atomic E-state index is 14.0. The van der Waals surface area contributed by atoms with Crippen LogP contribution in [0.3, 0.4) is 0 Å². The molecule has 4 saturated carbocycles. The molecule has 5 heteroatoms. The first-order valence-electron chi connectivity index (χ1n) is 21.7. The molecule has 5 nitrogen and oxygen atoms in total. The van der Waals surface area contributed by atoms with Gasteiger partial charge in [-0.3, -0.25) is 4.79 Å². The van der Waals surface area contributed by atoms with Crippen molar-refractivity contribution in [1.29, 1.82) is 0 Å². The molecule has 0 N–H and O–H groups in total. The molecule has 296 valence electrons. The lowest BCUT2D eigenvalue weighted by molar-refractivity contribution is -0.223. The Labute approximate surface area is 324 Å². The summed E-state index contributed by atoms with van der Waals surface area (Å²) in [5.41, 5.74) is 1.50. The highest BCUT2D eigenvalue weighted by Gasteiger charge is 2.66. The zero-order valence-electron chi connectivity index (χ0n) is 34.2. The van der Waals surface area contributed by atoms with Gasteiger partial charge in [-0.2, -0.15) is 0 Å². The Hall–Kier alpha value is -2.21. The van der Waals surface area contributed by atoms with Crippen molar-refractivity contribution in [3.05, 3.63) is 73.9 Å². The maximum atomic E-state index is 14.0. The third kappa shape index (κ3) is 9.79. The second-order valence-electron chi connectivity index (χ2n) is 17.9. The molecule has 53 heavy (non-hydrogen) atoms. The monoisotopic (exact) mass is 730 g/mol. The van der Waals surface area contributed by atoms with Crippen LogP contribution in [0.1, 0.15) is 130 Å². The van der Waals surface area contributed by atoms with Gasteiger partial charge in [-0.15, -0.1) is 19.7 Å². The summed E-state index contributed by atoms with van der Waals surface area (Å²) in [6.07, 6.45) is 23.4. The summed E-state index contributed by atoms with van der Waals surface area (Å²) in [4.78, 5) is 16.2. The first-order chi connectivity index (χ1) is 25.7. The minimum Gasteiger partial charge on any atom is -0.374 e. The van der Waals surface area contributed by atoms with E-state index in [1.807, 2.05) is 18.2 Å². The highest BCUT2D eigenvalue weighted by atomic mass is 16.5. The van der Waals surface area contributed by atoms with Gasteiger partial charge in [0.15, 0.2) is 0 Å². The Kier molecular flexibility index (Phi) is 15.9. The van der Waals surface area contributed by atoms with E-state index in [4.69, 9.17) is 14.2 Å². The van der Waals surface area contributed by atoms with Crippen LogP contribution in [0.5, 0.6) is 0 Å². The second-order valence-corrected chi connectivity index (χ2v) is 17.9. The summed E-state index contributed by atoms with van der Waals surface area (Å²) < 4.78 is 20.0. The smallest absolute Gasteiger partial charge is 0.222 e. The van der Waals surface area contributed by atoms with Gasteiger partial charge in [-0.25, -0.2) is 0 Å². The number of amides is 1. The fourth-order valence-electron chi connectivity index (χ4n) is 12.1. The Bertz CT molecular complexity index is 1300. The van der Waals surface area contributed by atoms with E-state index in [2.05, 4.69) is 82.7 Å². The largest absolute Gasteiger partial charge is 0.374 e. The molecule has 11 atom stereocenters. The van der Waals surface area contributed by atoms with Crippen LogP contribution in [0.4, 0.5) is 0 Å². The van der Waals surface area contributed by atoms with Gasteiger partial charge in [0.25, 0.3) is 0 Å². The second kappa shape index (κ2) is 20.1. The first-order valence-corrected chi connectivity index (χ1v) is 21.7. The summed E-state index contributed by atoms with van der Waals surface area (Å²) in [7, 11) is 0. The lowest BCUT2D eigenvalue weighted by Gasteiger charge is -2.64. The molecule has 1 amide bonds. The number of ether oxygens (including phenoxy) is 3. The molecule has 1 aromatic rings. The highest BCUT2D eigenvalue weighted by molar-refractivity contribution is 5.76. The summed E-state index contributed by atoms with van der Waals surface area (Å²) in [5, 5.41) is 0. The van der Waals surface area contributed by atoms with Crippen LogP contribution in [0.2, 0.25) is 0 Å². The molecule has 1 aromatic carbocycles. The Morgan fingerprint density at radius 2 is 1.57 bits per heavy atom. The summed E-state index contributed by atoms with van der Waals surface area (Å²) >= 11 is 0. The topological polar surface area (TPSA) is 48.0 Å². The van der Waals surface area contributed by atoms with E-state index in [-0.39, 0.29) is 23.0 Å². The molecule has 4 fully saturated rings. The number of benzene rings is 1. The van der Waals surface area contributed by atoms with E-state index >= 15 is 0 Å². The van der Waals surface area contributed by atoms with Gasteiger partial charge in [0, 0.05) is 24.9 Å². The molecule has 4 aliphatic rings. The molecular weight excluding hydrogens is 655 g/mol. The van der Waals surface area contributed by atoms with Crippen molar-refractivity contribution in [2.75, 3.05) is 26.4 Å². The van der Waals surface area contributed by atoms with E-state index in [1.165, 1.54) is 56.9 Å². The number of rotatable bonds is 22. The van der Waals surface area contributed by atoms with Crippen LogP contribution in [0.15, 0.2) is 68.3 Å². The Balaban J connectivity index is 1.32. The van der Waals surface area contributed by atoms with Crippen molar-refractivity contribution >= 4 is 5.91 Å². The van der Waals surface area contributed by atoms with Crippen LogP contribution in [0, 0.1) is 46.3 Å². The van der Waals surface area contributed by atoms with Gasteiger partial charge in [0.05, 0.1) is 38.1 Å². The van der Waals surface area contributed by atoms with Gasteiger partial charge >= 0.3 is 0 Å². The maximum Gasteiger partial charge on any atom is 0.222 e. The molecule has 0 aromatic heterocycles. The predicted molar refractivity (Wildman–Crippen MR) is 219 cm³/mol. The SMILES string of the molecule is C=CCO[C@@H]1CC[C@@]2(C)[C@@H](C1)C[C@@H](OCC=C)[C@@H]1[C@@H]2C[C@H](OCC=C)[C@]2(C)[C@@H]([C@H](C)CCC(=O)N(CCCCCCCC)Cc3ccccc3)CC[C@@H]12. The zero-order valence-corrected chi connectivity index (χ0v) is 34.2. The molecule has 0 aliphatic heterocycles. The fraction of sp³-hybridized carbons (Fsp3) is 0.729. The van der Waals surface area contributed by atoms with E-state index in [0.29, 0.717) is 80.3 Å². The average Bonchev–Trinajstić information content (AvgIpc) is 3.53. The van der Waals surface area contributed by atoms with Crippen LogP contribution in [-0.2, 0) is 25.5 Å². The standard InChI is InChI=1S/C48H75NO4/c1-8-12-13-14-15-19-28-49(35-37-20-17-16-18-21-37)45(50)25-22-36(5)40-23-24-41-46-42(34-44(48(40,41)7)53-31-11-4)47(6)27-26-39(51-29-9-2)32-38(47)33-43(46)52-30-10-3/h9-11,16-18,20-21,36,38-44,46H,2-4,8,12-15,19,22-35H2,1,5-7H3/t36-,38+,39-,40-,41+,42+,43-,44+,46+,47+,48-/m1/s1. The molecule has 5 rings (SSSR count). The van der Waals surface area contributed by atoms with Gasteiger partial charge in [0.1, 0.15) is 0 Å². The van der Waals surface area contributed by atoms with Crippen molar-refractivity contribution < 1.29 is 19.0 Å². The fourth-order valence-corrected chi connectivity index (χ4v) is 12.1. The normalized spacial score (nSPS) is 34.0. The number of unbranched alkanes of at least 4 members (excludes halogenated alkanes) is 5. The lowest BCUT2D eigenvalue weighted by Crippen LogP contribution is -2.63. The molecule has 0 radical (unpaired) electrons. The van der Waals surface area contributed by atoms with Gasteiger partial charge in [0.2, 0.25) is 5.91 Å². The van der Waals surface area contributed by atoms with Gasteiger partial charge in [-0.1, -0.05) is 108 Å². The quantitative estimate of drug-likeness (QED) is 0.0881. The number of carbonyl (C=O) groups is 1. The number of hydrogen-bond donors (Lipinski definition) is 0. The van der Waals surface area contributed by atoms with Crippen molar-refractivity contribution in [2.45, 2.75) is 149 Å². The molecule has 0 unspecified atom stereocenters. The van der Waals surface area contributed by atoms with E-state index < -0.39 is 0 Å². The summed E-state index contributed by atoms with van der Waals surface area (Å²) in [6, 6.07) is 10.6. The minimum absolute atomic E-state index is 0.0259. The molecule has 4 aliphatic carbocycles. The Morgan fingerprint density at radius 3 is 2.30 bits per heavy atom. The molecule has 0 heterocycles. The van der Waals surface area contributed by atoms with E-state index in [0.717, 1.165) is 45.1 Å². The van der Waals surface area contributed by atoms with Crippen LogP contribution >= 0.6 is 0 Å². The average molecular weight is 730 g/mol. The first kappa shape index (κ1) is 41.9. The molecule has 0 bridgehead atoms. The van der Waals surface area contributed by atoms with Crippen LogP contribution in [0.25, 0.3) is 0 Å². The third-order valence-electron chi connectivity index (χ3n) is 14.9. The van der Waals surface area contributed by atoms with Gasteiger partial charge < -0.3 is 19.1 Å². The number of hydrogen-bond acceptors (Lipinski definition) is 4. The van der Waals surface area contributed by atoms with Gasteiger partial charge in [-0.05, 0) is 104 Å². The number of fused-ring (bicyclic) bond motifs is 5. The lowest BCUT2D eigenvalue weighted by atomic mass is 9.43. The van der Waals surface area contributed by atoms with Crippen LogP contribution < -0.4 is 0 Å². The predicted octanol–water partition coefficient (Wildman–Crippen LogP) is 11.4. The molecular formula is C48H75NO4. The molecule has 0 saturated heterocycles. The summed E-state index contributed by atoms with van der Waals surface area (Å²) in [6.45, 7) is 25.3. The highest BCUT2D eigenvalue weighted by Crippen LogP contribution is 2.69. The van der Waals surface area contributed by atoms with E-state index in [1.54, 1.807) is 0 Å². The zero-order chi connectivity index (χ0) is 37.8. The third-order valence-corrected chi connectivity index (χ3v) is 14.9. The van der Waals surface area contributed by atoms with Crippen LogP contribution in [-0.4, -0.2) is 55.5 Å². The van der Waals surface area contributed by atoms with E-state index in [9.17, 15) is 4.79 Å². The van der Waals surface area contributed by atoms with Crippen molar-refractivity contribution in [3.8, 4) is 0 Å². The van der Waals surface area contributed by atoms with Crippen molar-refractivity contribution in [1.82, 2.24) is 4.90 Å². The number of carbonyl (C=O) groups excluding carboxylic acids is 1. The number of nitrogens with zero attached hydrogens (tertiary/aromatic N) is 1. The molecule has 0 spiro atoms. The van der Waals surface area contributed by atoms with Crippen molar-refractivity contribution in [2.24, 2.45) is 46.3 Å². The Morgan fingerprint density at radius 1 is 0.868 bits per heavy atom. The summed E-state index contributed by atoms with van der Waals surface area (Å²) in [5.74, 6) is 3.42.